The second-order valence-electron chi connectivity index (χ2n) is 7.10. The number of fused-ring (bicyclic) bond motifs is 1. The highest BCUT2D eigenvalue weighted by Crippen LogP contribution is 2.38. The first kappa shape index (κ1) is 21.2. The number of aliphatic hydroxyl groups is 1. The van der Waals surface area contributed by atoms with Crippen LogP contribution in [0.5, 0.6) is 0 Å². The minimum atomic E-state index is -1.24. The second kappa shape index (κ2) is 8.74. The SMILES string of the molecule is C=C1Cc2c(C)c([C@H](O)C(=O)OCC)c(I)c(C)c2CN1C(C)CCC. The Labute approximate surface area is 170 Å². The van der Waals surface area contributed by atoms with Crippen molar-refractivity contribution in [3.63, 3.8) is 0 Å². The molecule has 0 bridgehead atoms. The van der Waals surface area contributed by atoms with Gasteiger partial charge < -0.3 is 14.7 Å². The van der Waals surface area contributed by atoms with Crippen LogP contribution >= 0.6 is 22.6 Å². The summed E-state index contributed by atoms with van der Waals surface area (Å²) in [5.41, 5.74) is 6.43. The predicted molar refractivity (Wildman–Crippen MR) is 113 cm³/mol. The third-order valence-electron chi connectivity index (χ3n) is 5.38. The van der Waals surface area contributed by atoms with Crippen molar-refractivity contribution in [1.29, 1.82) is 0 Å². The number of allylic oxidation sites excluding steroid dienone is 1. The Kier molecular flexibility index (Phi) is 7.13. The molecule has 1 aliphatic rings. The number of nitrogens with zero attached hydrogens (tertiary/aromatic N) is 1. The molecule has 1 heterocycles. The van der Waals surface area contributed by atoms with Gasteiger partial charge in [0.05, 0.1) is 6.61 Å². The van der Waals surface area contributed by atoms with E-state index in [1.807, 2.05) is 6.92 Å². The fraction of sp³-hybridized carbons (Fsp3) is 0.571. The summed E-state index contributed by atoms with van der Waals surface area (Å²) in [6.07, 6.45) is 1.81. The molecule has 144 valence electrons. The zero-order valence-electron chi connectivity index (χ0n) is 16.5. The summed E-state index contributed by atoms with van der Waals surface area (Å²) in [4.78, 5) is 14.5. The maximum absolute atomic E-state index is 12.1. The molecule has 0 fully saturated rings. The second-order valence-corrected chi connectivity index (χ2v) is 8.18. The molecule has 0 saturated heterocycles. The largest absolute Gasteiger partial charge is 0.464 e. The molecular formula is C21H30INO3. The van der Waals surface area contributed by atoms with Crippen molar-refractivity contribution in [3.05, 3.63) is 43.7 Å². The number of hydrogen-bond acceptors (Lipinski definition) is 4. The normalized spacial score (nSPS) is 16.3. The summed E-state index contributed by atoms with van der Waals surface area (Å²) in [5, 5.41) is 10.6. The van der Waals surface area contributed by atoms with Gasteiger partial charge in [0.2, 0.25) is 0 Å². The van der Waals surface area contributed by atoms with Crippen molar-refractivity contribution >= 4 is 28.6 Å². The van der Waals surface area contributed by atoms with Crippen molar-refractivity contribution in [1.82, 2.24) is 4.90 Å². The van der Waals surface area contributed by atoms with Gasteiger partial charge in [-0.05, 0) is 79.0 Å². The van der Waals surface area contributed by atoms with Crippen LogP contribution in [0.4, 0.5) is 0 Å². The van der Waals surface area contributed by atoms with Crippen molar-refractivity contribution in [2.24, 2.45) is 0 Å². The lowest BCUT2D eigenvalue weighted by atomic mass is 9.85. The molecule has 2 rings (SSSR count). The third-order valence-corrected chi connectivity index (χ3v) is 6.77. The first-order valence-corrected chi connectivity index (χ1v) is 10.4. The Bertz CT molecular complexity index is 714. The molecule has 5 heteroatoms. The van der Waals surface area contributed by atoms with Gasteiger partial charge in [0.25, 0.3) is 0 Å². The van der Waals surface area contributed by atoms with E-state index in [4.69, 9.17) is 4.74 Å². The molecule has 1 aromatic rings. The average molecular weight is 471 g/mol. The number of ether oxygens (including phenoxy) is 1. The van der Waals surface area contributed by atoms with Crippen LogP contribution in [0.25, 0.3) is 0 Å². The third kappa shape index (κ3) is 3.93. The van der Waals surface area contributed by atoms with Crippen LogP contribution in [0, 0.1) is 17.4 Å². The Morgan fingerprint density at radius 1 is 1.31 bits per heavy atom. The van der Waals surface area contributed by atoms with E-state index in [0.29, 0.717) is 11.6 Å². The summed E-state index contributed by atoms with van der Waals surface area (Å²) in [6, 6.07) is 0.461. The van der Waals surface area contributed by atoms with Crippen LogP contribution in [-0.4, -0.2) is 28.6 Å². The van der Waals surface area contributed by atoms with Crippen LogP contribution in [0.1, 0.15) is 67.5 Å². The van der Waals surface area contributed by atoms with E-state index in [1.165, 1.54) is 11.1 Å². The number of aliphatic hydroxyl groups excluding tert-OH is 1. The fourth-order valence-electron chi connectivity index (χ4n) is 3.86. The molecule has 0 saturated carbocycles. The lowest BCUT2D eigenvalue weighted by molar-refractivity contribution is -0.153. The summed E-state index contributed by atoms with van der Waals surface area (Å²) >= 11 is 2.25. The molecule has 0 radical (unpaired) electrons. The van der Waals surface area contributed by atoms with Crippen molar-refractivity contribution in [3.8, 4) is 0 Å². The number of carbonyl (C=O) groups is 1. The van der Waals surface area contributed by atoms with Crippen LogP contribution in [0.15, 0.2) is 12.3 Å². The van der Waals surface area contributed by atoms with Gasteiger partial charge in [-0.1, -0.05) is 19.9 Å². The van der Waals surface area contributed by atoms with Gasteiger partial charge in [-0.3, -0.25) is 0 Å². The number of halogens is 1. The molecule has 0 spiro atoms. The van der Waals surface area contributed by atoms with Crippen LogP contribution in [0.3, 0.4) is 0 Å². The zero-order chi connectivity index (χ0) is 19.6. The van der Waals surface area contributed by atoms with E-state index in [0.717, 1.165) is 46.2 Å². The number of carbonyl (C=O) groups excluding carboxylic acids is 1. The molecule has 1 N–H and O–H groups in total. The van der Waals surface area contributed by atoms with E-state index < -0.39 is 12.1 Å². The highest BCUT2D eigenvalue weighted by molar-refractivity contribution is 14.1. The molecule has 0 aliphatic carbocycles. The summed E-state index contributed by atoms with van der Waals surface area (Å²) in [7, 11) is 0. The van der Waals surface area contributed by atoms with E-state index in [-0.39, 0.29) is 6.61 Å². The van der Waals surface area contributed by atoms with E-state index in [1.54, 1.807) is 6.92 Å². The lowest BCUT2D eigenvalue weighted by Crippen LogP contribution is -2.36. The Hall–Kier alpha value is -1.08. The molecule has 1 unspecified atom stereocenters. The van der Waals surface area contributed by atoms with Gasteiger partial charge in [-0.2, -0.15) is 0 Å². The monoisotopic (exact) mass is 471 g/mol. The van der Waals surface area contributed by atoms with Crippen LogP contribution in [-0.2, 0) is 22.5 Å². The molecule has 2 atom stereocenters. The van der Waals surface area contributed by atoms with Crippen molar-refractivity contribution in [2.45, 2.75) is 72.6 Å². The number of rotatable bonds is 6. The van der Waals surface area contributed by atoms with Crippen molar-refractivity contribution < 1.29 is 14.6 Å². The minimum absolute atomic E-state index is 0.260. The van der Waals surface area contributed by atoms with Gasteiger partial charge in [0.15, 0.2) is 6.10 Å². The van der Waals surface area contributed by atoms with E-state index in [2.05, 4.69) is 54.8 Å². The summed E-state index contributed by atoms with van der Waals surface area (Å²) in [6.45, 7) is 15.7. The molecule has 0 aromatic heterocycles. The highest BCUT2D eigenvalue weighted by atomic mass is 127. The standard InChI is InChI=1S/C21H30INO3/c1-7-9-12(3)23-11-17-15(6)19(22)18(20(24)21(25)26-8-2)14(5)16(17)10-13(23)4/h12,20,24H,4,7-11H2,1-3,5-6H3/t12?,20-/m0/s1. The first-order valence-electron chi connectivity index (χ1n) is 9.33. The Balaban J connectivity index is 2.49. The summed E-state index contributed by atoms with van der Waals surface area (Å²) in [5.74, 6) is -0.583. The quantitative estimate of drug-likeness (QED) is 0.488. The smallest absolute Gasteiger partial charge is 0.339 e. The van der Waals surface area contributed by atoms with Crippen molar-refractivity contribution in [2.75, 3.05) is 6.61 Å². The van der Waals surface area contributed by atoms with Gasteiger partial charge >= 0.3 is 5.97 Å². The Morgan fingerprint density at radius 3 is 2.54 bits per heavy atom. The van der Waals surface area contributed by atoms with E-state index >= 15 is 0 Å². The molecule has 0 amide bonds. The number of esters is 1. The minimum Gasteiger partial charge on any atom is -0.464 e. The van der Waals surface area contributed by atoms with Crippen LogP contribution < -0.4 is 0 Å². The molecule has 26 heavy (non-hydrogen) atoms. The maximum atomic E-state index is 12.1. The zero-order valence-corrected chi connectivity index (χ0v) is 18.6. The van der Waals surface area contributed by atoms with Crippen LogP contribution in [0.2, 0.25) is 0 Å². The summed E-state index contributed by atoms with van der Waals surface area (Å²) < 4.78 is 5.98. The number of hydrogen-bond donors (Lipinski definition) is 1. The lowest BCUT2D eigenvalue weighted by Gasteiger charge is -2.39. The Morgan fingerprint density at radius 2 is 1.96 bits per heavy atom. The predicted octanol–water partition coefficient (Wildman–Crippen LogP) is 4.56. The van der Waals surface area contributed by atoms with Gasteiger partial charge in [0.1, 0.15) is 0 Å². The highest BCUT2D eigenvalue weighted by Gasteiger charge is 2.31. The fourth-order valence-corrected chi connectivity index (χ4v) is 4.89. The van der Waals surface area contributed by atoms with Gasteiger partial charge in [-0.15, -0.1) is 0 Å². The molecule has 4 nitrogen and oxygen atoms in total. The molecular weight excluding hydrogens is 441 g/mol. The van der Waals surface area contributed by atoms with Gasteiger partial charge in [0, 0.05) is 33.8 Å². The average Bonchev–Trinajstić information content (AvgIpc) is 2.59. The van der Waals surface area contributed by atoms with E-state index in [9.17, 15) is 9.90 Å². The molecule has 1 aliphatic heterocycles. The molecule has 1 aromatic carbocycles. The van der Waals surface area contributed by atoms with Gasteiger partial charge in [-0.25, -0.2) is 4.79 Å². The first-order chi connectivity index (χ1) is 12.2. The maximum Gasteiger partial charge on any atom is 0.339 e. The topological polar surface area (TPSA) is 49.8 Å². The number of benzene rings is 1.